The third-order valence-electron chi connectivity index (χ3n) is 3.70. The van der Waals surface area contributed by atoms with E-state index in [1.165, 1.54) is 0 Å². The summed E-state index contributed by atoms with van der Waals surface area (Å²) in [5, 5.41) is 11.5. The first-order chi connectivity index (χ1) is 10.1. The topological polar surface area (TPSA) is 67.6 Å². The standard InChI is InChI=1S/C15H19N3O3/c1-10(2)14-16-13-11(15(19)20)4-3-5-12(13)18(14)17-6-8-21-9-7-17/h3-5,10H,6-9H2,1-2H3,(H,19,20). The van der Waals surface area contributed by atoms with Crippen molar-refractivity contribution >= 4 is 17.0 Å². The normalized spacial score (nSPS) is 15.9. The summed E-state index contributed by atoms with van der Waals surface area (Å²) in [6, 6.07) is 5.30. The highest BCUT2D eigenvalue weighted by molar-refractivity contribution is 6.01. The van der Waals surface area contributed by atoms with E-state index < -0.39 is 5.97 Å². The Kier molecular flexibility index (Phi) is 3.55. The number of carboxylic acid groups (broad SMARTS) is 1. The van der Waals surface area contributed by atoms with Gasteiger partial charge in [-0.15, -0.1) is 0 Å². The highest BCUT2D eigenvalue weighted by Gasteiger charge is 2.23. The van der Waals surface area contributed by atoms with Crippen LogP contribution in [0.3, 0.4) is 0 Å². The Morgan fingerprint density at radius 1 is 1.33 bits per heavy atom. The van der Waals surface area contributed by atoms with E-state index >= 15 is 0 Å². The van der Waals surface area contributed by atoms with Crippen molar-refractivity contribution in [2.75, 3.05) is 31.3 Å². The zero-order valence-electron chi connectivity index (χ0n) is 12.2. The molecule has 6 nitrogen and oxygen atoms in total. The molecule has 1 saturated heterocycles. The van der Waals surface area contributed by atoms with Crippen molar-refractivity contribution in [2.45, 2.75) is 19.8 Å². The van der Waals surface area contributed by atoms with E-state index in [2.05, 4.69) is 28.5 Å². The van der Waals surface area contributed by atoms with Gasteiger partial charge in [0.2, 0.25) is 0 Å². The number of morpholine rings is 1. The summed E-state index contributed by atoms with van der Waals surface area (Å²) in [7, 11) is 0. The summed E-state index contributed by atoms with van der Waals surface area (Å²) in [6.07, 6.45) is 0. The van der Waals surface area contributed by atoms with Crippen LogP contribution in [0.15, 0.2) is 18.2 Å². The number of carbonyl (C=O) groups is 1. The van der Waals surface area contributed by atoms with Crippen LogP contribution in [0.25, 0.3) is 11.0 Å². The fourth-order valence-corrected chi connectivity index (χ4v) is 2.70. The molecule has 0 saturated carbocycles. The van der Waals surface area contributed by atoms with Gasteiger partial charge < -0.3 is 14.9 Å². The number of hydrogen-bond donors (Lipinski definition) is 1. The third kappa shape index (κ3) is 2.35. The van der Waals surface area contributed by atoms with Crippen molar-refractivity contribution in [3.63, 3.8) is 0 Å². The van der Waals surface area contributed by atoms with Crippen LogP contribution >= 0.6 is 0 Å². The average Bonchev–Trinajstić information content (AvgIpc) is 2.87. The predicted octanol–water partition coefficient (Wildman–Crippen LogP) is 1.83. The summed E-state index contributed by atoms with van der Waals surface area (Å²) in [4.78, 5) is 16.0. The van der Waals surface area contributed by atoms with Gasteiger partial charge in [-0.3, -0.25) is 0 Å². The molecule has 1 aromatic carbocycles. The number of carboxylic acids is 1. The van der Waals surface area contributed by atoms with Crippen LogP contribution in [0.4, 0.5) is 0 Å². The molecule has 6 heteroatoms. The Balaban J connectivity index is 2.22. The lowest BCUT2D eigenvalue weighted by atomic mass is 10.2. The Hall–Kier alpha value is -2.08. The molecular formula is C15H19N3O3. The molecule has 3 rings (SSSR count). The number of aromatic nitrogens is 2. The molecule has 2 aromatic rings. The molecule has 1 aliphatic rings. The summed E-state index contributed by atoms with van der Waals surface area (Å²) in [5.41, 5.74) is 1.65. The Morgan fingerprint density at radius 2 is 2.05 bits per heavy atom. The molecule has 0 atom stereocenters. The molecule has 112 valence electrons. The molecule has 1 N–H and O–H groups in total. The fourth-order valence-electron chi connectivity index (χ4n) is 2.70. The molecule has 1 aliphatic heterocycles. The van der Waals surface area contributed by atoms with Crippen LogP contribution in [0.5, 0.6) is 0 Å². The molecule has 1 aromatic heterocycles. The maximum atomic E-state index is 11.4. The lowest BCUT2D eigenvalue weighted by Crippen LogP contribution is -2.44. The van der Waals surface area contributed by atoms with E-state index in [0.29, 0.717) is 18.7 Å². The third-order valence-corrected chi connectivity index (χ3v) is 3.70. The van der Waals surface area contributed by atoms with E-state index in [1.54, 1.807) is 12.1 Å². The minimum atomic E-state index is -0.942. The van der Waals surface area contributed by atoms with E-state index in [4.69, 9.17) is 4.74 Å². The van der Waals surface area contributed by atoms with Gasteiger partial charge in [-0.25, -0.2) is 14.5 Å². The molecule has 0 bridgehead atoms. The van der Waals surface area contributed by atoms with E-state index in [0.717, 1.165) is 24.4 Å². The smallest absolute Gasteiger partial charge is 0.337 e. The van der Waals surface area contributed by atoms with Crippen LogP contribution in [0.2, 0.25) is 0 Å². The number of aromatic carboxylic acids is 1. The monoisotopic (exact) mass is 289 g/mol. The van der Waals surface area contributed by atoms with Crippen LogP contribution in [0, 0.1) is 0 Å². The van der Waals surface area contributed by atoms with Gasteiger partial charge in [0.05, 0.1) is 37.4 Å². The fraction of sp³-hybridized carbons (Fsp3) is 0.467. The minimum Gasteiger partial charge on any atom is -0.478 e. The minimum absolute atomic E-state index is 0.210. The van der Waals surface area contributed by atoms with Crippen LogP contribution < -0.4 is 5.01 Å². The largest absolute Gasteiger partial charge is 0.478 e. The number of rotatable bonds is 3. The molecule has 2 heterocycles. The Bertz CT molecular complexity index is 672. The summed E-state index contributed by atoms with van der Waals surface area (Å²) in [6.45, 7) is 7.05. The highest BCUT2D eigenvalue weighted by atomic mass is 16.5. The Morgan fingerprint density at radius 3 is 2.67 bits per heavy atom. The number of benzene rings is 1. The van der Waals surface area contributed by atoms with E-state index in [-0.39, 0.29) is 11.5 Å². The number of fused-ring (bicyclic) bond motifs is 1. The van der Waals surface area contributed by atoms with Crippen molar-refractivity contribution in [3.05, 3.63) is 29.6 Å². The number of para-hydroxylation sites is 1. The van der Waals surface area contributed by atoms with E-state index in [9.17, 15) is 9.90 Å². The van der Waals surface area contributed by atoms with Gasteiger partial charge >= 0.3 is 5.97 Å². The van der Waals surface area contributed by atoms with Gasteiger partial charge in [-0.1, -0.05) is 19.9 Å². The maximum absolute atomic E-state index is 11.4. The SMILES string of the molecule is CC(C)c1nc2c(C(=O)O)cccc2n1N1CCOCC1. The van der Waals surface area contributed by atoms with E-state index in [1.807, 2.05) is 6.07 Å². The second-order valence-corrected chi connectivity index (χ2v) is 5.48. The zero-order chi connectivity index (χ0) is 15.0. The number of hydrogen-bond acceptors (Lipinski definition) is 4. The van der Waals surface area contributed by atoms with Crippen molar-refractivity contribution in [1.29, 1.82) is 0 Å². The molecule has 0 unspecified atom stereocenters. The van der Waals surface area contributed by atoms with Gasteiger partial charge in [0, 0.05) is 5.92 Å². The molecule has 0 aliphatic carbocycles. The summed E-state index contributed by atoms with van der Waals surface area (Å²) < 4.78 is 7.47. The lowest BCUT2D eigenvalue weighted by Gasteiger charge is -2.32. The van der Waals surface area contributed by atoms with Gasteiger partial charge in [0.25, 0.3) is 0 Å². The quantitative estimate of drug-likeness (QED) is 0.933. The molecule has 1 fully saturated rings. The first-order valence-electron chi connectivity index (χ1n) is 7.17. The maximum Gasteiger partial charge on any atom is 0.337 e. The molecule has 0 amide bonds. The number of imidazole rings is 1. The van der Waals surface area contributed by atoms with Crippen molar-refractivity contribution in [1.82, 2.24) is 9.66 Å². The van der Waals surface area contributed by atoms with Gasteiger partial charge in [-0.2, -0.15) is 0 Å². The predicted molar refractivity (Wildman–Crippen MR) is 79.6 cm³/mol. The first-order valence-corrected chi connectivity index (χ1v) is 7.17. The first kappa shape index (κ1) is 13.9. The molecule has 21 heavy (non-hydrogen) atoms. The summed E-state index contributed by atoms with van der Waals surface area (Å²) in [5.74, 6) is 0.157. The van der Waals surface area contributed by atoms with Crippen LogP contribution in [-0.4, -0.2) is 47.0 Å². The van der Waals surface area contributed by atoms with Crippen LogP contribution in [0.1, 0.15) is 35.9 Å². The van der Waals surface area contributed by atoms with Gasteiger partial charge in [0.15, 0.2) is 0 Å². The molecule has 0 spiro atoms. The van der Waals surface area contributed by atoms with Gasteiger partial charge in [0.1, 0.15) is 11.3 Å². The van der Waals surface area contributed by atoms with Gasteiger partial charge in [-0.05, 0) is 12.1 Å². The highest BCUT2D eigenvalue weighted by Crippen LogP contribution is 2.25. The second-order valence-electron chi connectivity index (χ2n) is 5.48. The molecule has 0 radical (unpaired) electrons. The second kappa shape index (κ2) is 5.37. The van der Waals surface area contributed by atoms with Crippen LogP contribution in [-0.2, 0) is 4.74 Å². The number of nitrogens with zero attached hydrogens (tertiary/aromatic N) is 3. The average molecular weight is 289 g/mol. The van der Waals surface area contributed by atoms with Crippen molar-refractivity contribution < 1.29 is 14.6 Å². The Labute approximate surface area is 122 Å². The van der Waals surface area contributed by atoms with Crippen molar-refractivity contribution in [2.24, 2.45) is 0 Å². The lowest BCUT2D eigenvalue weighted by molar-refractivity contribution is 0.0699. The summed E-state index contributed by atoms with van der Waals surface area (Å²) >= 11 is 0. The molecular weight excluding hydrogens is 270 g/mol. The number of ether oxygens (including phenoxy) is 1. The van der Waals surface area contributed by atoms with Crippen molar-refractivity contribution in [3.8, 4) is 0 Å². The zero-order valence-corrected chi connectivity index (χ0v) is 12.2.